The Labute approximate surface area is 639 Å². The third-order valence-electron chi connectivity index (χ3n) is 13.1. The molecule has 0 spiro atoms. The Bertz CT molecular complexity index is 2720. The van der Waals surface area contributed by atoms with Gasteiger partial charge >= 0.3 is 0 Å². The van der Waals surface area contributed by atoms with Crippen molar-refractivity contribution in [3.05, 3.63) is 236 Å². The van der Waals surface area contributed by atoms with Crippen molar-refractivity contribution in [2.24, 2.45) is 0 Å². The summed E-state index contributed by atoms with van der Waals surface area (Å²) in [5, 5.41) is 15.1. The van der Waals surface area contributed by atoms with Crippen LogP contribution in [0.15, 0.2) is 174 Å². The maximum absolute atomic E-state index is 8.06. The van der Waals surface area contributed by atoms with E-state index in [1.54, 1.807) is 51.9 Å². The first-order valence-electron chi connectivity index (χ1n) is 38.0. The smallest absolute Gasteiger partial charge is 0.124 e. The molecule has 1 N–H and O–H groups in total. The summed E-state index contributed by atoms with van der Waals surface area (Å²) in [6, 6.07) is 46.2. The Hall–Kier alpha value is -6.06. The fourth-order valence-corrected chi connectivity index (χ4v) is 9.19. The molecule has 0 saturated carbocycles. The quantitative estimate of drug-likeness (QED) is 0.162. The lowest BCUT2D eigenvalue weighted by Gasteiger charge is -2.21. The molecular formula is C94H164N4O3S. The topological polar surface area (TPSA) is 94.2 Å². The van der Waals surface area contributed by atoms with Crippen molar-refractivity contribution in [1.82, 2.24) is 20.1 Å². The van der Waals surface area contributed by atoms with Gasteiger partial charge in [0.25, 0.3) is 0 Å². The number of hydrogen-bond acceptors (Lipinski definition) is 8. The first-order valence-corrected chi connectivity index (χ1v) is 38.9. The van der Waals surface area contributed by atoms with Crippen LogP contribution in [-0.2, 0) is 48.1 Å². The normalized spacial score (nSPS) is 10.4. The van der Waals surface area contributed by atoms with Gasteiger partial charge in [-0.15, -0.1) is 11.3 Å². The number of nitrogens with zero attached hydrogens (tertiary/aromatic N) is 4. The Balaban J connectivity index is -0.000000159. The van der Waals surface area contributed by atoms with E-state index in [9.17, 15) is 0 Å². The predicted octanol–water partition coefficient (Wildman–Crippen LogP) is 29.5. The number of aryl methyl sites for hydroxylation is 4. The molecule has 7 nitrogen and oxygen atoms in total. The highest BCUT2D eigenvalue weighted by molar-refractivity contribution is 7.09. The van der Waals surface area contributed by atoms with Crippen molar-refractivity contribution in [2.45, 2.75) is 347 Å². The molecule has 4 aromatic heterocycles. The first-order chi connectivity index (χ1) is 47.0. The molecule has 4 heterocycles. The molecule has 0 aliphatic heterocycles. The van der Waals surface area contributed by atoms with Gasteiger partial charge in [0, 0.05) is 78.5 Å². The van der Waals surface area contributed by atoms with Gasteiger partial charge in [-0.05, 0) is 137 Å². The van der Waals surface area contributed by atoms with Gasteiger partial charge in [-0.25, -0.2) is 4.98 Å². The van der Waals surface area contributed by atoms with Crippen molar-refractivity contribution in [3.63, 3.8) is 0 Å². The second kappa shape index (κ2) is 61.3. The van der Waals surface area contributed by atoms with Crippen molar-refractivity contribution >= 4 is 11.3 Å². The van der Waals surface area contributed by atoms with Crippen LogP contribution in [0.4, 0.5) is 0 Å². The van der Waals surface area contributed by atoms with Crippen molar-refractivity contribution < 1.29 is 14.4 Å². The van der Waals surface area contributed by atoms with E-state index in [1.807, 2.05) is 117 Å². The lowest BCUT2D eigenvalue weighted by atomic mass is 9.84. The van der Waals surface area contributed by atoms with Gasteiger partial charge in [-0.1, -0.05) is 370 Å². The maximum Gasteiger partial charge on any atom is 0.124 e. The van der Waals surface area contributed by atoms with Gasteiger partial charge in [-0.2, -0.15) is 0 Å². The van der Waals surface area contributed by atoms with Crippen LogP contribution < -0.4 is 0 Å². The highest BCUT2D eigenvalue weighted by Crippen LogP contribution is 2.29. The van der Waals surface area contributed by atoms with E-state index in [4.69, 9.17) is 9.63 Å². The van der Waals surface area contributed by atoms with Crippen molar-refractivity contribution in [1.29, 1.82) is 0 Å². The van der Waals surface area contributed by atoms with Crippen LogP contribution in [0.5, 0.6) is 0 Å². The molecule has 0 amide bonds. The van der Waals surface area contributed by atoms with Crippen LogP contribution in [0.2, 0.25) is 0 Å². The number of aliphatic hydroxyl groups excluding tert-OH is 1. The molecule has 8 heteroatoms. The number of aliphatic hydroxyl groups is 1. The number of rotatable bonds is 0. The minimum Gasteiger partial charge on any atom is -0.394 e. The summed E-state index contributed by atoms with van der Waals surface area (Å²) in [5.74, 6) is 0. The monoisotopic (exact) mass is 1430 g/mol. The van der Waals surface area contributed by atoms with Crippen LogP contribution in [0.1, 0.15) is 336 Å². The van der Waals surface area contributed by atoms with Gasteiger partial charge < -0.3 is 14.4 Å². The number of methoxy groups -OCH3 is 1. The van der Waals surface area contributed by atoms with Crippen LogP contribution in [-0.4, -0.2) is 45.5 Å². The van der Waals surface area contributed by atoms with E-state index in [2.05, 4.69) is 342 Å². The summed E-state index contributed by atoms with van der Waals surface area (Å²) in [7, 11) is 3.25. The number of hydrogen-bond donors (Lipinski definition) is 1. The van der Waals surface area contributed by atoms with Crippen LogP contribution in [0, 0.1) is 27.7 Å². The third-order valence-corrected chi connectivity index (χ3v) is 14.3. The molecule has 0 unspecified atom stereocenters. The molecule has 0 saturated heterocycles. The van der Waals surface area contributed by atoms with Crippen LogP contribution in [0.3, 0.4) is 0 Å². The number of ether oxygens (including phenoxy) is 1. The summed E-state index contributed by atoms with van der Waals surface area (Å²) in [6.45, 7) is 89.2. The van der Waals surface area contributed by atoms with Gasteiger partial charge in [0.15, 0.2) is 0 Å². The fourth-order valence-electron chi connectivity index (χ4n) is 8.46. The summed E-state index contributed by atoms with van der Waals surface area (Å²) in [5.41, 5.74) is 16.7. The van der Waals surface area contributed by atoms with E-state index in [-0.39, 0.29) is 49.4 Å². The van der Waals surface area contributed by atoms with E-state index in [0.717, 1.165) is 11.4 Å². The molecule has 102 heavy (non-hydrogen) atoms. The van der Waals surface area contributed by atoms with E-state index >= 15 is 0 Å². The number of benzene rings is 4. The van der Waals surface area contributed by atoms with E-state index < -0.39 is 0 Å². The summed E-state index contributed by atoms with van der Waals surface area (Å²) >= 11 is 1.72. The Morgan fingerprint density at radius 3 is 0.804 bits per heavy atom. The Morgan fingerprint density at radius 2 is 0.667 bits per heavy atom. The number of thiazole rings is 1. The van der Waals surface area contributed by atoms with Crippen molar-refractivity contribution in [3.8, 4) is 0 Å². The average molecular weight is 1430 g/mol. The van der Waals surface area contributed by atoms with E-state index in [0.29, 0.717) is 0 Å². The summed E-state index contributed by atoms with van der Waals surface area (Å²) < 4.78 is 8.94. The molecule has 0 aliphatic rings. The zero-order valence-electron chi connectivity index (χ0n) is 74.9. The third kappa shape index (κ3) is 60.4. The zero-order valence-corrected chi connectivity index (χ0v) is 75.7. The second-order valence-corrected chi connectivity index (χ2v) is 32.5. The molecular weight excluding hydrogens is 1270 g/mol. The van der Waals surface area contributed by atoms with Gasteiger partial charge in [0.1, 0.15) is 6.26 Å². The van der Waals surface area contributed by atoms with Crippen LogP contribution >= 0.6 is 11.3 Å². The Kier molecular flexibility index (Phi) is 67.2. The minimum absolute atomic E-state index is 0.118. The maximum atomic E-state index is 8.06. The largest absolute Gasteiger partial charge is 0.394 e. The zero-order chi connectivity index (χ0) is 82.0. The lowest BCUT2D eigenvalue weighted by Crippen LogP contribution is -2.12. The standard InChI is InChI=1S/4C11H16.2C9H13N.C7H11NO.C7H11NS.C3H8O.C3H8.C2H6O.5C2H6/c4*1-9-7-5-6-8-10(9)11(2,3)4;1-9(2,3)8-5-4-6-10-7-8;1-9(2,3)8-6-4-5-7-10-8;1-7(2,3)6-4-5-9-8-6;1-7(2,3)6-8-4-5-9-6;1-3(2)4;2*1-3-2;5*1-2/h4*5-8H,1-4H3;2*4-7H,1-3H3;2*4-5H,1-3H3;3-4H,1-2H3;3H2,1-2H3;1-2H3;5*1-2H3. The predicted molar refractivity (Wildman–Crippen MR) is 464 cm³/mol. The second-order valence-electron chi connectivity index (χ2n) is 31.6. The van der Waals surface area contributed by atoms with E-state index in [1.165, 1.54) is 61.5 Å². The first kappa shape index (κ1) is 112. The molecule has 8 rings (SSSR count). The molecule has 584 valence electrons. The molecule has 4 aromatic carbocycles. The summed E-state index contributed by atoms with van der Waals surface area (Å²) in [4.78, 5) is 12.5. The SMILES string of the molecule is CC.CC.CC.CC.CC.CC(C)(C)c1ccccn1.CC(C)(C)c1cccnc1.CC(C)(C)c1ccon1.CC(C)(C)c1nccs1.CC(C)O.CCC.COC.Cc1ccccc1C(C)(C)C.Cc1ccccc1C(C)(C)C.Cc1ccccc1C(C)(C)C.Cc1ccccc1C(C)(C)C. The fraction of sp³-hybridized carbons (Fsp3) is 0.574. The molecule has 0 radical (unpaired) electrons. The van der Waals surface area contributed by atoms with Crippen molar-refractivity contribution in [2.75, 3.05) is 14.2 Å². The molecule has 0 bridgehead atoms. The number of aromatic nitrogens is 4. The lowest BCUT2D eigenvalue weighted by molar-refractivity contribution is 0.216. The van der Waals surface area contributed by atoms with Crippen LogP contribution in [0.25, 0.3) is 0 Å². The molecule has 0 atom stereocenters. The minimum atomic E-state index is -0.167. The highest BCUT2D eigenvalue weighted by atomic mass is 32.1. The molecule has 0 fully saturated rings. The Morgan fingerprint density at radius 1 is 0.373 bits per heavy atom. The average Bonchev–Trinajstić information content (AvgIpc) is 1.54. The highest BCUT2D eigenvalue weighted by Gasteiger charge is 2.20. The summed E-state index contributed by atoms with van der Waals surface area (Å²) in [6.07, 6.45) is 10.1. The molecule has 0 aliphatic carbocycles. The van der Waals surface area contributed by atoms with Gasteiger partial charge in [0.05, 0.1) is 10.7 Å². The van der Waals surface area contributed by atoms with Gasteiger partial charge in [-0.3, -0.25) is 9.97 Å². The van der Waals surface area contributed by atoms with Gasteiger partial charge in [0.2, 0.25) is 0 Å². The number of pyridine rings is 2. The molecule has 8 aromatic rings.